The molecule has 2 rings (SSSR count). The van der Waals surface area contributed by atoms with E-state index < -0.39 is 0 Å². The van der Waals surface area contributed by atoms with E-state index in [-0.39, 0.29) is 5.75 Å². The fourth-order valence-corrected chi connectivity index (χ4v) is 1.44. The van der Waals surface area contributed by atoms with Crippen molar-refractivity contribution in [2.75, 3.05) is 0 Å². The molecular formula is C14H12O3. The van der Waals surface area contributed by atoms with Crippen molar-refractivity contribution in [1.82, 2.24) is 0 Å². The molecule has 0 atom stereocenters. The Morgan fingerprint density at radius 2 is 1.71 bits per heavy atom. The van der Waals surface area contributed by atoms with Crippen LogP contribution in [0.5, 0.6) is 17.2 Å². The molecule has 0 saturated carbocycles. The zero-order valence-corrected chi connectivity index (χ0v) is 9.38. The molecule has 2 aromatic rings. The van der Waals surface area contributed by atoms with Gasteiger partial charge >= 0.3 is 0 Å². The van der Waals surface area contributed by atoms with Gasteiger partial charge in [0.2, 0.25) is 0 Å². The highest BCUT2D eigenvalue weighted by Gasteiger charge is 2.01. The zero-order chi connectivity index (χ0) is 12.3. The first-order chi connectivity index (χ1) is 8.19. The number of rotatable bonds is 3. The molecule has 3 nitrogen and oxygen atoms in total. The Balaban J connectivity index is 2.19. The highest BCUT2D eigenvalue weighted by atomic mass is 16.5. The summed E-state index contributed by atoms with van der Waals surface area (Å²) in [5.41, 5.74) is 1.37. The molecule has 0 aliphatic heterocycles. The molecule has 0 radical (unpaired) electrons. The Morgan fingerprint density at radius 1 is 1.06 bits per heavy atom. The lowest BCUT2D eigenvalue weighted by molar-refractivity contribution is 0.112. The molecule has 0 aliphatic carbocycles. The number of aromatic hydroxyl groups is 1. The topological polar surface area (TPSA) is 46.5 Å². The molecule has 0 unspecified atom stereocenters. The Labute approximate surface area is 99.3 Å². The highest BCUT2D eigenvalue weighted by Crippen LogP contribution is 2.26. The van der Waals surface area contributed by atoms with E-state index in [1.807, 2.05) is 0 Å². The van der Waals surface area contributed by atoms with Gasteiger partial charge in [-0.3, -0.25) is 4.79 Å². The standard InChI is InChI=1S/C14H12O3/c1-10-8-13(6-7-14(10)16)17-12-4-2-11(9-15)3-5-12/h2-9,16H,1H3. The minimum atomic E-state index is 0.244. The normalized spacial score (nSPS) is 9.94. The average molecular weight is 228 g/mol. The highest BCUT2D eigenvalue weighted by molar-refractivity contribution is 5.74. The van der Waals surface area contributed by atoms with Crippen molar-refractivity contribution in [1.29, 1.82) is 0 Å². The third-order valence-corrected chi connectivity index (χ3v) is 2.42. The fraction of sp³-hybridized carbons (Fsp3) is 0.0714. The van der Waals surface area contributed by atoms with Gasteiger partial charge in [0.05, 0.1) is 0 Å². The summed E-state index contributed by atoms with van der Waals surface area (Å²) < 4.78 is 5.59. The van der Waals surface area contributed by atoms with Gasteiger partial charge in [-0.25, -0.2) is 0 Å². The van der Waals surface area contributed by atoms with Crippen molar-refractivity contribution in [3.63, 3.8) is 0 Å². The summed E-state index contributed by atoms with van der Waals surface area (Å²) in [7, 11) is 0. The van der Waals surface area contributed by atoms with Crippen LogP contribution in [-0.2, 0) is 0 Å². The van der Waals surface area contributed by atoms with Gasteiger partial charge in [-0.2, -0.15) is 0 Å². The van der Waals surface area contributed by atoms with Gasteiger partial charge in [0.25, 0.3) is 0 Å². The SMILES string of the molecule is Cc1cc(Oc2ccc(C=O)cc2)ccc1O. The summed E-state index contributed by atoms with van der Waals surface area (Å²) in [5.74, 6) is 1.55. The Bertz CT molecular complexity index is 530. The summed E-state index contributed by atoms with van der Waals surface area (Å²) in [6.07, 6.45) is 0.786. The van der Waals surface area contributed by atoms with Crippen LogP contribution in [0, 0.1) is 6.92 Å². The third-order valence-electron chi connectivity index (χ3n) is 2.42. The number of aryl methyl sites for hydroxylation is 1. The van der Waals surface area contributed by atoms with Crippen molar-refractivity contribution in [2.24, 2.45) is 0 Å². The molecule has 0 amide bonds. The van der Waals surface area contributed by atoms with Crippen LogP contribution in [-0.4, -0.2) is 11.4 Å². The number of carbonyl (C=O) groups is 1. The van der Waals surface area contributed by atoms with Crippen LogP contribution in [0.15, 0.2) is 42.5 Å². The summed E-state index contributed by atoms with van der Waals surface area (Å²) in [5, 5.41) is 9.38. The van der Waals surface area contributed by atoms with E-state index in [2.05, 4.69) is 0 Å². The van der Waals surface area contributed by atoms with Crippen LogP contribution in [0.3, 0.4) is 0 Å². The number of aldehydes is 1. The largest absolute Gasteiger partial charge is 0.508 e. The van der Waals surface area contributed by atoms with Crippen LogP contribution < -0.4 is 4.74 Å². The van der Waals surface area contributed by atoms with Crippen LogP contribution in [0.25, 0.3) is 0 Å². The lowest BCUT2D eigenvalue weighted by atomic mass is 10.2. The van der Waals surface area contributed by atoms with Crippen molar-refractivity contribution in [2.45, 2.75) is 6.92 Å². The number of ether oxygens (including phenoxy) is 1. The first-order valence-corrected chi connectivity index (χ1v) is 5.22. The van der Waals surface area contributed by atoms with Crippen LogP contribution in [0.1, 0.15) is 15.9 Å². The number of carbonyl (C=O) groups excluding carboxylic acids is 1. The Kier molecular flexibility index (Phi) is 3.10. The van der Waals surface area contributed by atoms with Gasteiger partial charge in [0.15, 0.2) is 0 Å². The van der Waals surface area contributed by atoms with Gasteiger partial charge in [0, 0.05) is 5.56 Å². The van der Waals surface area contributed by atoms with E-state index in [4.69, 9.17) is 4.74 Å². The molecule has 0 bridgehead atoms. The molecule has 3 heteroatoms. The van der Waals surface area contributed by atoms with Gasteiger partial charge in [-0.05, 0) is 55.0 Å². The van der Waals surface area contributed by atoms with E-state index in [1.165, 1.54) is 0 Å². The predicted octanol–water partition coefficient (Wildman–Crippen LogP) is 3.31. The number of hydrogen-bond donors (Lipinski definition) is 1. The molecule has 0 aromatic heterocycles. The summed E-state index contributed by atoms with van der Waals surface area (Å²) >= 11 is 0. The maximum Gasteiger partial charge on any atom is 0.150 e. The minimum absolute atomic E-state index is 0.244. The Morgan fingerprint density at radius 3 is 2.29 bits per heavy atom. The van der Waals surface area contributed by atoms with E-state index in [1.54, 1.807) is 49.4 Å². The van der Waals surface area contributed by atoms with Crippen molar-refractivity contribution in [3.8, 4) is 17.2 Å². The summed E-state index contributed by atoms with van der Waals surface area (Å²) in [6, 6.07) is 11.9. The molecule has 0 saturated heterocycles. The first kappa shape index (κ1) is 11.2. The fourth-order valence-electron chi connectivity index (χ4n) is 1.44. The van der Waals surface area contributed by atoms with E-state index in [0.29, 0.717) is 17.1 Å². The van der Waals surface area contributed by atoms with Crippen molar-refractivity contribution in [3.05, 3.63) is 53.6 Å². The molecule has 0 spiro atoms. The second-order valence-corrected chi connectivity index (χ2v) is 3.74. The second-order valence-electron chi connectivity index (χ2n) is 3.74. The van der Waals surface area contributed by atoms with Gasteiger partial charge < -0.3 is 9.84 Å². The second kappa shape index (κ2) is 4.70. The van der Waals surface area contributed by atoms with E-state index >= 15 is 0 Å². The predicted molar refractivity (Wildman–Crippen MR) is 64.7 cm³/mol. The molecular weight excluding hydrogens is 216 g/mol. The maximum absolute atomic E-state index is 10.5. The van der Waals surface area contributed by atoms with Crippen LogP contribution in [0.2, 0.25) is 0 Å². The maximum atomic E-state index is 10.5. The molecule has 0 aliphatic rings. The van der Waals surface area contributed by atoms with Crippen molar-refractivity contribution >= 4 is 6.29 Å². The average Bonchev–Trinajstić information content (AvgIpc) is 2.35. The molecule has 2 aromatic carbocycles. The van der Waals surface area contributed by atoms with Crippen LogP contribution >= 0.6 is 0 Å². The smallest absolute Gasteiger partial charge is 0.150 e. The number of phenolic OH excluding ortho intramolecular Hbond substituents is 1. The number of phenols is 1. The molecule has 0 heterocycles. The van der Waals surface area contributed by atoms with Crippen molar-refractivity contribution < 1.29 is 14.6 Å². The quantitative estimate of drug-likeness (QED) is 0.820. The van der Waals surface area contributed by atoms with E-state index in [9.17, 15) is 9.90 Å². The lowest BCUT2D eigenvalue weighted by Gasteiger charge is -2.07. The first-order valence-electron chi connectivity index (χ1n) is 5.22. The molecule has 17 heavy (non-hydrogen) atoms. The zero-order valence-electron chi connectivity index (χ0n) is 9.38. The summed E-state index contributed by atoms with van der Waals surface area (Å²) in [6.45, 7) is 1.80. The third kappa shape index (κ3) is 2.64. The van der Waals surface area contributed by atoms with Crippen LogP contribution in [0.4, 0.5) is 0 Å². The number of hydrogen-bond acceptors (Lipinski definition) is 3. The van der Waals surface area contributed by atoms with E-state index in [0.717, 1.165) is 11.8 Å². The van der Waals surface area contributed by atoms with Gasteiger partial charge in [0.1, 0.15) is 23.5 Å². The minimum Gasteiger partial charge on any atom is -0.508 e. The number of benzene rings is 2. The Hall–Kier alpha value is -2.29. The molecule has 0 fully saturated rings. The summed E-state index contributed by atoms with van der Waals surface area (Å²) in [4.78, 5) is 10.5. The lowest BCUT2D eigenvalue weighted by Crippen LogP contribution is -1.86. The molecule has 1 N–H and O–H groups in total. The monoisotopic (exact) mass is 228 g/mol. The van der Waals surface area contributed by atoms with Gasteiger partial charge in [-0.1, -0.05) is 0 Å². The molecule has 86 valence electrons. The van der Waals surface area contributed by atoms with Gasteiger partial charge in [-0.15, -0.1) is 0 Å².